The van der Waals surface area contributed by atoms with Gasteiger partial charge >= 0.3 is 0 Å². The predicted octanol–water partition coefficient (Wildman–Crippen LogP) is 3.21. The van der Waals surface area contributed by atoms with Gasteiger partial charge in [-0.3, -0.25) is 0 Å². The lowest BCUT2D eigenvalue weighted by molar-refractivity contribution is 0.307. The molecule has 0 amide bonds. The van der Waals surface area contributed by atoms with Crippen LogP contribution >= 0.6 is 0 Å². The molecule has 0 aliphatic heterocycles. The summed E-state index contributed by atoms with van der Waals surface area (Å²) in [5, 5.41) is 1.18. The molecule has 3 rings (SSSR count). The second-order valence-corrected chi connectivity index (χ2v) is 4.46. The van der Waals surface area contributed by atoms with Crippen molar-refractivity contribution in [2.24, 2.45) is 5.73 Å². The van der Waals surface area contributed by atoms with E-state index in [2.05, 4.69) is 17.1 Å². The highest BCUT2D eigenvalue weighted by atomic mass is 16.5. The lowest BCUT2D eigenvalue weighted by Crippen LogP contribution is -1.99. The summed E-state index contributed by atoms with van der Waals surface area (Å²) in [5.41, 5.74) is 9.19. The maximum Gasteiger partial charge on any atom is 0.119 e. The minimum absolute atomic E-state index is 0.535. The van der Waals surface area contributed by atoms with Gasteiger partial charge in [-0.2, -0.15) is 0 Å². The highest BCUT2D eigenvalue weighted by Crippen LogP contribution is 2.23. The Balaban J connectivity index is 1.89. The summed E-state index contributed by atoms with van der Waals surface area (Å²) in [6, 6.07) is 16.0. The third kappa shape index (κ3) is 2.33. The van der Waals surface area contributed by atoms with Gasteiger partial charge in [0.2, 0.25) is 0 Å². The van der Waals surface area contributed by atoms with Crippen molar-refractivity contribution in [2.45, 2.75) is 13.2 Å². The molecule has 1 aromatic heterocycles. The van der Waals surface area contributed by atoms with Crippen molar-refractivity contribution < 1.29 is 4.74 Å². The molecule has 3 aromatic rings. The third-order valence-electron chi connectivity index (χ3n) is 3.23. The first-order valence-electron chi connectivity index (χ1n) is 6.34. The van der Waals surface area contributed by atoms with E-state index in [0.717, 1.165) is 22.4 Å². The maximum absolute atomic E-state index is 5.80. The van der Waals surface area contributed by atoms with Gasteiger partial charge in [0, 0.05) is 29.2 Å². The normalized spacial score (nSPS) is 10.8. The summed E-state index contributed by atoms with van der Waals surface area (Å²) in [5.74, 6) is 0.877. The Morgan fingerprint density at radius 2 is 1.79 bits per heavy atom. The molecule has 3 heteroatoms. The Morgan fingerprint density at radius 3 is 2.58 bits per heavy atom. The number of hydrogen-bond donors (Lipinski definition) is 2. The Hall–Kier alpha value is -2.26. The van der Waals surface area contributed by atoms with Crippen molar-refractivity contribution in [3.8, 4) is 5.75 Å². The third-order valence-corrected chi connectivity index (χ3v) is 3.23. The molecule has 3 N–H and O–H groups in total. The van der Waals surface area contributed by atoms with Gasteiger partial charge in [0.25, 0.3) is 0 Å². The fraction of sp³-hybridized carbons (Fsp3) is 0.125. The minimum Gasteiger partial charge on any atom is -0.489 e. The van der Waals surface area contributed by atoms with E-state index in [1.165, 1.54) is 5.39 Å². The van der Waals surface area contributed by atoms with Gasteiger partial charge in [0.15, 0.2) is 0 Å². The monoisotopic (exact) mass is 252 g/mol. The van der Waals surface area contributed by atoms with Crippen LogP contribution in [-0.4, -0.2) is 4.98 Å². The maximum atomic E-state index is 5.80. The van der Waals surface area contributed by atoms with Crippen LogP contribution in [0.2, 0.25) is 0 Å². The summed E-state index contributed by atoms with van der Waals surface area (Å²) >= 11 is 0. The predicted molar refractivity (Wildman–Crippen MR) is 77.0 cm³/mol. The van der Waals surface area contributed by atoms with E-state index < -0.39 is 0 Å². The summed E-state index contributed by atoms with van der Waals surface area (Å²) in [6.07, 6.45) is 1.99. The zero-order valence-corrected chi connectivity index (χ0v) is 10.6. The van der Waals surface area contributed by atoms with Gasteiger partial charge in [0.1, 0.15) is 12.4 Å². The van der Waals surface area contributed by atoms with Gasteiger partial charge in [-0.25, -0.2) is 0 Å². The van der Waals surface area contributed by atoms with Crippen LogP contribution in [0.3, 0.4) is 0 Å². The van der Waals surface area contributed by atoms with Crippen LogP contribution in [0.15, 0.2) is 54.7 Å². The molecule has 0 saturated heterocycles. The molecule has 0 bridgehead atoms. The molecule has 2 aromatic carbocycles. The number of ether oxygens (including phenoxy) is 1. The van der Waals surface area contributed by atoms with Gasteiger partial charge < -0.3 is 15.5 Å². The smallest absolute Gasteiger partial charge is 0.119 e. The molecule has 0 spiro atoms. The number of fused-ring (bicyclic) bond motifs is 1. The standard InChI is InChI=1S/C16H16N2O/c17-9-12-5-4-8-15-16(12)13(10-18-15)11-19-14-6-2-1-3-7-14/h1-8,10,18H,9,11,17H2. The minimum atomic E-state index is 0.535. The molecular weight excluding hydrogens is 236 g/mol. The van der Waals surface area contributed by atoms with Crippen LogP contribution in [0.4, 0.5) is 0 Å². The first-order valence-corrected chi connectivity index (χ1v) is 6.34. The molecule has 0 aliphatic rings. The number of nitrogens with one attached hydrogen (secondary N) is 1. The van der Waals surface area contributed by atoms with Crippen molar-refractivity contribution in [3.63, 3.8) is 0 Å². The molecule has 0 fully saturated rings. The number of hydrogen-bond acceptors (Lipinski definition) is 2. The molecule has 0 radical (unpaired) electrons. The number of para-hydroxylation sites is 1. The first-order chi connectivity index (χ1) is 9.38. The van der Waals surface area contributed by atoms with Crippen molar-refractivity contribution >= 4 is 10.9 Å². The second-order valence-electron chi connectivity index (χ2n) is 4.46. The number of H-pyrrole nitrogens is 1. The zero-order valence-electron chi connectivity index (χ0n) is 10.6. The lowest BCUT2D eigenvalue weighted by Gasteiger charge is -2.07. The average Bonchev–Trinajstić information content (AvgIpc) is 2.89. The van der Waals surface area contributed by atoms with E-state index in [1.807, 2.05) is 42.6 Å². The van der Waals surface area contributed by atoms with Crippen LogP contribution in [-0.2, 0) is 13.2 Å². The molecule has 3 nitrogen and oxygen atoms in total. The van der Waals surface area contributed by atoms with Gasteiger partial charge in [0.05, 0.1) is 0 Å². The number of nitrogens with two attached hydrogens (primary N) is 1. The van der Waals surface area contributed by atoms with Crippen molar-refractivity contribution in [1.29, 1.82) is 0 Å². The number of benzene rings is 2. The molecule has 0 aliphatic carbocycles. The van der Waals surface area contributed by atoms with Crippen LogP contribution in [0, 0.1) is 0 Å². The van der Waals surface area contributed by atoms with E-state index in [1.54, 1.807) is 0 Å². The summed E-state index contributed by atoms with van der Waals surface area (Å²) in [7, 11) is 0. The van der Waals surface area contributed by atoms with Gasteiger partial charge in [-0.1, -0.05) is 30.3 Å². The number of aromatic amines is 1. The van der Waals surface area contributed by atoms with Gasteiger partial charge in [-0.15, -0.1) is 0 Å². The molecule has 19 heavy (non-hydrogen) atoms. The molecule has 0 atom stereocenters. The SMILES string of the molecule is NCc1cccc2[nH]cc(COc3ccccc3)c12. The first kappa shape index (κ1) is 11.8. The molecule has 96 valence electrons. The van der Waals surface area contributed by atoms with E-state index in [9.17, 15) is 0 Å². The highest BCUT2D eigenvalue weighted by molar-refractivity contribution is 5.86. The quantitative estimate of drug-likeness (QED) is 0.749. The largest absolute Gasteiger partial charge is 0.489 e. The van der Waals surface area contributed by atoms with E-state index in [0.29, 0.717) is 13.2 Å². The Bertz CT molecular complexity index is 674. The number of rotatable bonds is 4. The summed E-state index contributed by atoms with van der Waals surface area (Å²) < 4.78 is 5.80. The van der Waals surface area contributed by atoms with Gasteiger partial charge in [-0.05, 0) is 23.8 Å². The van der Waals surface area contributed by atoms with E-state index in [4.69, 9.17) is 10.5 Å². The second kappa shape index (κ2) is 5.16. The van der Waals surface area contributed by atoms with Crippen LogP contribution in [0.1, 0.15) is 11.1 Å². The van der Waals surface area contributed by atoms with Crippen LogP contribution in [0.25, 0.3) is 10.9 Å². The molecular formula is C16H16N2O. The fourth-order valence-corrected chi connectivity index (χ4v) is 2.30. The fourth-order valence-electron chi connectivity index (χ4n) is 2.30. The topological polar surface area (TPSA) is 51.0 Å². The highest BCUT2D eigenvalue weighted by Gasteiger charge is 2.08. The Morgan fingerprint density at radius 1 is 0.947 bits per heavy atom. The van der Waals surface area contributed by atoms with Crippen molar-refractivity contribution in [1.82, 2.24) is 4.98 Å². The summed E-state index contributed by atoms with van der Waals surface area (Å²) in [6.45, 7) is 1.08. The van der Waals surface area contributed by atoms with Crippen molar-refractivity contribution in [3.05, 3.63) is 65.9 Å². The average molecular weight is 252 g/mol. The lowest BCUT2D eigenvalue weighted by atomic mass is 10.1. The molecule has 0 unspecified atom stereocenters. The van der Waals surface area contributed by atoms with Crippen molar-refractivity contribution in [2.75, 3.05) is 0 Å². The number of aromatic nitrogens is 1. The Labute approximate surface area is 112 Å². The van der Waals surface area contributed by atoms with E-state index in [-0.39, 0.29) is 0 Å². The van der Waals surface area contributed by atoms with Crippen LogP contribution < -0.4 is 10.5 Å². The molecule has 1 heterocycles. The Kier molecular flexibility index (Phi) is 3.21. The molecule has 0 saturated carbocycles. The zero-order chi connectivity index (χ0) is 13.1. The van der Waals surface area contributed by atoms with Crippen LogP contribution in [0.5, 0.6) is 5.75 Å². The summed E-state index contributed by atoms with van der Waals surface area (Å²) in [4.78, 5) is 3.26. The van der Waals surface area contributed by atoms with E-state index >= 15 is 0 Å².